The number of carbonyl (C=O) groups is 1. The zero-order chi connectivity index (χ0) is 17.8. The Balaban J connectivity index is 1.47. The van der Waals surface area contributed by atoms with E-state index in [-0.39, 0.29) is 17.8 Å². The number of nitro benzene ring substituents is 1. The predicted octanol–water partition coefficient (Wildman–Crippen LogP) is 1.88. The minimum absolute atomic E-state index is 0.0351. The highest BCUT2D eigenvalue weighted by Crippen LogP contribution is 2.21. The van der Waals surface area contributed by atoms with E-state index in [1.807, 2.05) is 0 Å². The summed E-state index contributed by atoms with van der Waals surface area (Å²) in [5.41, 5.74) is 0.393. The Kier molecular flexibility index (Phi) is 5.50. The van der Waals surface area contributed by atoms with Crippen molar-refractivity contribution in [2.24, 2.45) is 0 Å². The number of amides is 2. The van der Waals surface area contributed by atoms with Gasteiger partial charge in [0.15, 0.2) is 0 Å². The van der Waals surface area contributed by atoms with Gasteiger partial charge in [0.25, 0.3) is 5.69 Å². The van der Waals surface area contributed by atoms with E-state index < -0.39 is 4.92 Å². The minimum atomic E-state index is -0.473. The summed E-state index contributed by atoms with van der Waals surface area (Å²) in [6, 6.07) is 6.40. The molecule has 25 heavy (non-hydrogen) atoms. The summed E-state index contributed by atoms with van der Waals surface area (Å²) >= 11 is 0. The van der Waals surface area contributed by atoms with Crippen molar-refractivity contribution in [1.29, 1.82) is 0 Å². The molecule has 136 valence electrons. The zero-order valence-electron chi connectivity index (χ0n) is 14.5. The first-order valence-electron chi connectivity index (χ1n) is 8.76. The molecule has 0 unspecified atom stereocenters. The number of nitrogens with one attached hydrogen (secondary N) is 2. The van der Waals surface area contributed by atoms with E-state index in [4.69, 9.17) is 0 Å². The Bertz CT molecular complexity index is 630. The number of anilines is 1. The maximum atomic E-state index is 12.2. The molecule has 1 atom stereocenters. The summed E-state index contributed by atoms with van der Waals surface area (Å²) in [7, 11) is 2.16. The molecule has 3 rings (SSSR count). The number of piperidine rings is 1. The van der Waals surface area contributed by atoms with Gasteiger partial charge in [0.1, 0.15) is 0 Å². The number of non-ortho nitro benzene ring substituents is 1. The van der Waals surface area contributed by atoms with Gasteiger partial charge in [0.2, 0.25) is 0 Å². The van der Waals surface area contributed by atoms with Crippen molar-refractivity contribution in [3.8, 4) is 0 Å². The van der Waals surface area contributed by atoms with Gasteiger partial charge in [-0.2, -0.15) is 0 Å². The monoisotopic (exact) mass is 347 g/mol. The first kappa shape index (κ1) is 17.6. The van der Waals surface area contributed by atoms with Crippen LogP contribution in [0.5, 0.6) is 0 Å². The Hall–Kier alpha value is -2.19. The Morgan fingerprint density at radius 1 is 1.24 bits per heavy atom. The number of nitro groups is 1. The average Bonchev–Trinajstić information content (AvgIpc) is 3.04. The van der Waals surface area contributed by atoms with E-state index in [1.165, 1.54) is 25.0 Å². The molecular formula is C17H25N5O3. The van der Waals surface area contributed by atoms with Crippen LogP contribution in [0, 0.1) is 10.1 Å². The number of urea groups is 1. The maximum absolute atomic E-state index is 12.2. The number of carbonyl (C=O) groups excluding carboxylic acids is 1. The molecule has 0 aromatic heterocycles. The molecule has 1 aromatic carbocycles. The lowest BCUT2D eigenvalue weighted by Gasteiger charge is -2.35. The van der Waals surface area contributed by atoms with Gasteiger partial charge < -0.3 is 15.5 Å². The quantitative estimate of drug-likeness (QED) is 0.641. The summed E-state index contributed by atoms with van der Waals surface area (Å²) in [4.78, 5) is 27.3. The zero-order valence-corrected chi connectivity index (χ0v) is 14.5. The van der Waals surface area contributed by atoms with Crippen LogP contribution in [-0.4, -0.2) is 66.1 Å². The predicted molar refractivity (Wildman–Crippen MR) is 95.7 cm³/mol. The third-order valence-corrected chi connectivity index (χ3v) is 5.07. The largest absolute Gasteiger partial charge is 0.334 e. The van der Waals surface area contributed by atoms with Crippen molar-refractivity contribution in [3.63, 3.8) is 0 Å². The van der Waals surface area contributed by atoms with Crippen LogP contribution in [0.3, 0.4) is 0 Å². The van der Waals surface area contributed by atoms with Crippen molar-refractivity contribution in [3.05, 3.63) is 34.4 Å². The van der Waals surface area contributed by atoms with E-state index in [1.54, 1.807) is 12.1 Å². The van der Waals surface area contributed by atoms with Crippen LogP contribution in [0.4, 0.5) is 16.2 Å². The molecule has 8 nitrogen and oxygen atoms in total. The molecule has 2 fully saturated rings. The van der Waals surface area contributed by atoms with Crippen molar-refractivity contribution < 1.29 is 9.72 Å². The lowest BCUT2D eigenvalue weighted by atomic mass is 10.0. The molecule has 2 heterocycles. The molecule has 0 bridgehead atoms. The lowest BCUT2D eigenvalue weighted by Crippen LogP contribution is -2.45. The molecule has 0 spiro atoms. The summed E-state index contributed by atoms with van der Waals surface area (Å²) in [5.74, 6) is 0. The van der Waals surface area contributed by atoms with Gasteiger partial charge in [0, 0.05) is 43.0 Å². The van der Waals surface area contributed by atoms with Gasteiger partial charge >= 0.3 is 6.03 Å². The van der Waals surface area contributed by atoms with E-state index in [0.717, 1.165) is 32.6 Å². The molecule has 2 saturated heterocycles. The minimum Gasteiger partial charge on any atom is -0.334 e. The van der Waals surface area contributed by atoms with Gasteiger partial charge in [-0.15, -0.1) is 0 Å². The smallest absolute Gasteiger partial charge is 0.319 e. The number of rotatable bonds is 4. The summed E-state index contributed by atoms with van der Waals surface area (Å²) in [6.45, 7) is 4.14. The molecule has 0 saturated carbocycles. The fourth-order valence-corrected chi connectivity index (χ4v) is 3.65. The van der Waals surface area contributed by atoms with E-state index in [2.05, 4.69) is 27.5 Å². The first-order valence-corrected chi connectivity index (χ1v) is 8.76. The summed E-state index contributed by atoms with van der Waals surface area (Å²) in [6.07, 6.45) is 3.31. The van der Waals surface area contributed by atoms with Crippen LogP contribution < -0.4 is 10.6 Å². The Morgan fingerprint density at radius 3 is 2.72 bits per heavy atom. The molecule has 2 N–H and O–H groups in total. The molecule has 2 aliphatic heterocycles. The summed E-state index contributed by atoms with van der Waals surface area (Å²) < 4.78 is 0. The van der Waals surface area contributed by atoms with Crippen molar-refractivity contribution >= 4 is 17.4 Å². The number of nitrogens with zero attached hydrogens (tertiary/aromatic N) is 3. The highest BCUT2D eigenvalue weighted by molar-refractivity contribution is 5.89. The molecule has 8 heteroatoms. The van der Waals surface area contributed by atoms with Gasteiger partial charge in [-0.1, -0.05) is 6.07 Å². The fraction of sp³-hybridized carbons (Fsp3) is 0.588. The van der Waals surface area contributed by atoms with Crippen LogP contribution in [0.1, 0.15) is 19.3 Å². The molecular weight excluding hydrogens is 322 g/mol. The number of benzene rings is 1. The lowest BCUT2D eigenvalue weighted by molar-refractivity contribution is -0.384. The summed E-state index contributed by atoms with van der Waals surface area (Å²) in [5, 5.41) is 16.5. The van der Waals surface area contributed by atoms with E-state index in [0.29, 0.717) is 11.7 Å². The third kappa shape index (κ3) is 4.67. The Morgan fingerprint density at radius 2 is 2.00 bits per heavy atom. The standard InChI is InChI=1S/C17H25N5O3/c1-20-8-6-15(7-9-20)21-10-5-14(12-21)19-17(23)18-13-3-2-4-16(11-13)22(24)25/h2-4,11,14-15H,5-10,12H2,1H3,(H2,18,19,23)/t14-/m1/s1. The first-order chi connectivity index (χ1) is 12.0. The second-order valence-electron chi connectivity index (χ2n) is 6.92. The van der Waals surface area contributed by atoms with Crippen LogP contribution >= 0.6 is 0 Å². The second-order valence-corrected chi connectivity index (χ2v) is 6.92. The molecule has 0 radical (unpaired) electrons. The molecule has 1 aromatic rings. The highest BCUT2D eigenvalue weighted by Gasteiger charge is 2.30. The highest BCUT2D eigenvalue weighted by atomic mass is 16.6. The average molecular weight is 347 g/mol. The van der Waals surface area contributed by atoms with Gasteiger partial charge in [-0.25, -0.2) is 4.79 Å². The topological polar surface area (TPSA) is 90.8 Å². The van der Waals surface area contributed by atoms with Crippen LogP contribution in [0.25, 0.3) is 0 Å². The van der Waals surface area contributed by atoms with Gasteiger partial charge in [-0.3, -0.25) is 15.0 Å². The Labute approximate surface area is 147 Å². The van der Waals surface area contributed by atoms with Crippen molar-refractivity contribution in [2.75, 3.05) is 38.5 Å². The normalized spacial score (nSPS) is 22.7. The van der Waals surface area contributed by atoms with Crippen LogP contribution in [-0.2, 0) is 0 Å². The number of hydrogen-bond acceptors (Lipinski definition) is 5. The van der Waals surface area contributed by atoms with Crippen molar-refractivity contribution in [1.82, 2.24) is 15.1 Å². The second kappa shape index (κ2) is 7.79. The van der Waals surface area contributed by atoms with Gasteiger partial charge in [0.05, 0.1) is 4.92 Å². The van der Waals surface area contributed by atoms with Crippen LogP contribution in [0.2, 0.25) is 0 Å². The molecule has 2 aliphatic rings. The molecule has 2 amide bonds. The third-order valence-electron chi connectivity index (χ3n) is 5.07. The van der Waals surface area contributed by atoms with E-state index in [9.17, 15) is 14.9 Å². The SMILES string of the molecule is CN1CCC(N2CC[C@@H](NC(=O)Nc3cccc([N+](=O)[O-])c3)C2)CC1. The van der Waals surface area contributed by atoms with Gasteiger partial charge in [-0.05, 0) is 45.5 Å². The molecule has 0 aliphatic carbocycles. The van der Waals surface area contributed by atoms with E-state index >= 15 is 0 Å². The fourth-order valence-electron chi connectivity index (χ4n) is 3.65. The van der Waals surface area contributed by atoms with Crippen LogP contribution in [0.15, 0.2) is 24.3 Å². The van der Waals surface area contributed by atoms with Crippen molar-refractivity contribution in [2.45, 2.75) is 31.3 Å². The number of likely N-dealkylation sites (tertiary alicyclic amines) is 2. The maximum Gasteiger partial charge on any atom is 0.319 e. The number of hydrogen-bond donors (Lipinski definition) is 2.